The van der Waals surface area contributed by atoms with Crippen LogP contribution in [0.4, 0.5) is 5.69 Å². The van der Waals surface area contributed by atoms with E-state index in [4.69, 9.17) is 18.0 Å². The minimum atomic E-state index is 0.209. The molecule has 2 rings (SSSR count). The molecular weight excluding hydrogens is 216 g/mol. The van der Waals surface area contributed by atoms with Crippen molar-refractivity contribution in [3.05, 3.63) is 29.8 Å². The average Bonchev–Trinajstić information content (AvgIpc) is 2.58. The van der Waals surface area contributed by atoms with Crippen molar-refractivity contribution in [3.63, 3.8) is 0 Å². The normalized spacial score (nSPS) is 18.8. The molecule has 1 saturated heterocycles. The van der Waals surface area contributed by atoms with Crippen molar-refractivity contribution in [2.24, 2.45) is 5.73 Å². The molecule has 1 aromatic carbocycles. The number of nitrogens with two attached hydrogens (primary N) is 1. The van der Waals surface area contributed by atoms with Crippen LogP contribution in [0.2, 0.25) is 0 Å². The minimum absolute atomic E-state index is 0.209. The van der Waals surface area contributed by atoms with Crippen LogP contribution in [0.25, 0.3) is 0 Å². The lowest BCUT2D eigenvalue weighted by atomic mass is 10.0. The maximum absolute atomic E-state index is 5.78. The average molecular weight is 234 g/mol. The molecule has 0 unspecified atom stereocenters. The molecular formula is C13H18N2S. The van der Waals surface area contributed by atoms with Gasteiger partial charge in [-0.2, -0.15) is 0 Å². The van der Waals surface area contributed by atoms with Gasteiger partial charge in [-0.3, -0.25) is 0 Å². The second kappa shape index (κ2) is 4.06. The van der Waals surface area contributed by atoms with Gasteiger partial charge in [0, 0.05) is 23.3 Å². The Kier molecular flexibility index (Phi) is 2.89. The second-order valence-corrected chi connectivity index (χ2v) is 5.39. The van der Waals surface area contributed by atoms with Gasteiger partial charge in [-0.1, -0.05) is 24.4 Å². The summed E-state index contributed by atoms with van der Waals surface area (Å²) in [5.41, 5.74) is 8.16. The summed E-state index contributed by atoms with van der Waals surface area (Å²) < 4.78 is 0. The van der Waals surface area contributed by atoms with E-state index in [1.54, 1.807) is 0 Å². The summed E-state index contributed by atoms with van der Waals surface area (Å²) in [6.07, 6.45) is 2.46. The summed E-state index contributed by atoms with van der Waals surface area (Å²) in [5, 5.41) is 0. The Hall–Kier alpha value is -1.09. The molecule has 0 saturated carbocycles. The molecule has 0 aliphatic carbocycles. The van der Waals surface area contributed by atoms with Crippen molar-refractivity contribution in [2.45, 2.75) is 32.2 Å². The van der Waals surface area contributed by atoms with Crippen molar-refractivity contribution in [3.8, 4) is 0 Å². The number of rotatable bonds is 2. The van der Waals surface area contributed by atoms with Crippen molar-refractivity contribution in [1.82, 2.24) is 0 Å². The van der Waals surface area contributed by atoms with Crippen molar-refractivity contribution in [2.75, 3.05) is 11.4 Å². The van der Waals surface area contributed by atoms with Gasteiger partial charge in [-0.25, -0.2) is 0 Å². The quantitative estimate of drug-likeness (QED) is 0.798. The van der Waals surface area contributed by atoms with Gasteiger partial charge in [0.2, 0.25) is 0 Å². The number of thiocarbonyl (C=S) groups is 1. The number of hydrogen-bond donors (Lipinski definition) is 1. The maximum atomic E-state index is 5.78. The highest BCUT2D eigenvalue weighted by atomic mass is 32.1. The van der Waals surface area contributed by atoms with Gasteiger partial charge in [0.25, 0.3) is 0 Å². The molecule has 3 heteroatoms. The van der Waals surface area contributed by atoms with Crippen LogP contribution in [0.1, 0.15) is 32.3 Å². The van der Waals surface area contributed by atoms with Gasteiger partial charge < -0.3 is 10.6 Å². The van der Waals surface area contributed by atoms with E-state index in [1.807, 2.05) is 18.2 Å². The Morgan fingerprint density at radius 2 is 2.06 bits per heavy atom. The first-order chi connectivity index (χ1) is 7.52. The van der Waals surface area contributed by atoms with E-state index in [2.05, 4.69) is 24.8 Å². The lowest BCUT2D eigenvalue weighted by molar-refractivity contribution is 0.518. The molecule has 0 radical (unpaired) electrons. The number of benzene rings is 1. The van der Waals surface area contributed by atoms with Crippen LogP contribution >= 0.6 is 12.2 Å². The molecule has 86 valence electrons. The zero-order valence-corrected chi connectivity index (χ0v) is 10.7. The molecule has 0 spiro atoms. The Balaban J connectivity index is 2.44. The molecule has 0 amide bonds. The predicted octanol–water partition coefficient (Wildman–Crippen LogP) is 2.70. The van der Waals surface area contributed by atoms with Crippen LogP contribution in [-0.4, -0.2) is 17.1 Å². The monoisotopic (exact) mass is 234 g/mol. The zero-order chi connectivity index (χ0) is 11.8. The Labute approximate surface area is 102 Å². The number of para-hydroxylation sites is 1. The van der Waals surface area contributed by atoms with Gasteiger partial charge in [0.05, 0.1) is 0 Å². The smallest absolute Gasteiger partial charge is 0.106 e. The molecule has 1 fully saturated rings. The van der Waals surface area contributed by atoms with E-state index >= 15 is 0 Å². The minimum Gasteiger partial charge on any atom is -0.389 e. The zero-order valence-electron chi connectivity index (χ0n) is 9.86. The van der Waals surface area contributed by atoms with Crippen LogP contribution in [0.3, 0.4) is 0 Å². The van der Waals surface area contributed by atoms with Crippen molar-refractivity contribution in [1.29, 1.82) is 0 Å². The van der Waals surface area contributed by atoms with E-state index < -0.39 is 0 Å². The fourth-order valence-corrected chi connectivity index (χ4v) is 2.64. The lowest BCUT2D eigenvalue weighted by Crippen LogP contribution is -2.39. The van der Waals surface area contributed by atoms with Crippen LogP contribution in [0, 0.1) is 0 Å². The van der Waals surface area contributed by atoms with Gasteiger partial charge in [-0.15, -0.1) is 0 Å². The fraction of sp³-hybridized carbons (Fsp3) is 0.462. The molecule has 1 heterocycles. The van der Waals surface area contributed by atoms with E-state index in [-0.39, 0.29) is 5.54 Å². The number of nitrogens with zero attached hydrogens (tertiary/aromatic N) is 1. The van der Waals surface area contributed by atoms with Gasteiger partial charge in [-0.05, 0) is 38.8 Å². The molecule has 2 N–H and O–H groups in total. The Morgan fingerprint density at radius 1 is 1.38 bits per heavy atom. The summed E-state index contributed by atoms with van der Waals surface area (Å²) >= 11 is 5.11. The fourth-order valence-electron chi connectivity index (χ4n) is 2.47. The molecule has 16 heavy (non-hydrogen) atoms. The number of hydrogen-bond acceptors (Lipinski definition) is 2. The second-order valence-electron chi connectivity index (χ2n) is 4.95. The first-order valence-corrected chi connectivity index (χ1v) is 6.10. The topological polar surface area (TPSA) is 29.3 Å². The van der Waals surface area contributed by atoms with Crippen molar-refractivity contribution < 1.29 is 0 Å². The molecule has 0 atom stereocenters. The molecule has 1 aromatic rings. The summed E-state index contributed by atoms with van der Waals surface area (Å²) in [5.74, 6) is 0. The largest absolute Gasteiger partial charge is 0.389 e. The summed E-state index contributed by atoms with van der Waals surface area (Å²) in [4.78, 5) is 2.90. The highest BCUT2D eigenvalue weighted by Gasteiger charge is 2.33. The maximum Gasteiger partial charge on any atom is 0.106 e. The Morgan fingerprint density at radius 3 is 2.62 bits per heavy atom. The van der Waals surface area contributed by atoms with Gasteiger partial charge in [0.15, 0.2) is 0 Å². The van der Waals surface area contributed by atoms with E-state index in [9.17, 15) is 0 Å². The first-order valence-electron chi connectivity index (χ1n) is 5.69. The number of anilines is 1. The van der Waals surface area contributed by atoms with E-state index in [0.717, 1.165) is 12.1 Å². The Bertz CT molecular complexity index is 412. The molecule has 1 aliphatic heterocycles. The highest BCUT2D eigenvalue weighted by Crippen LogP contribution is 2.35. The molecule has 0 bridgehead atoms. The third kappa shape index (κ3) is 1.92. The van der Waals surface area contributed by atoms with Crippen LogP contribution in [0.5, 0.6) is 0 Å². The summed E-state index contributed by atoms with van der Waals surface area (Å²) in [7, 11) is 0. The summed E-state index contributed by atoms with van der Waals surface area (Å²) in [6.45, 7) is 5.64. The highest BCUT2D eigenvalue weighted by molar-refractivity contribution is 7.80. The van der Waals surface area contributed by atoms with Crippen molar-refractivity contribution >= 4 is 22.9 Å². The molecule has 2 nitrogen and oxygen atoms in total. The summed E-state index contributed by atoms with van der Waals surface area (Å²) in [6, 6.07) is 8.15. The third-order valence-corrected chi connectivity index (χ3v) is 3.58. The van der Waals surface area contributed by atoms with E-state index in [1.165, 1.54) is 18.5 Å². The third-order valence-electron chi connectivity index (χ3n) is 3.36. The standard InChI is InChI=1S/C13H18N2S/c1-13(2)8-5-9-15(13)11-7-4-3-6-10(11)12(14)16/h3-4,6-7H,5,8-9H2,1-2H3,(H2,14,16). The molecule has 0 aromatic heterocycles. The lowest BCUT2D eigenvalue weighted by Gasteiger charge is -2.35. The SMILES string of the molecule is CC1(C)CCCN1c1ccccc1C(N)=S. The van der Waals surface area contributed by atoms with Crippen LogP contribution in [-0.2, 0) is 0 Å². The predicted molar refractivity (Wildman–Crippen MR) is 73.0 cm³/mol. The molecule has 1 aliphatic rings. The van der Waals surface area contributed by atoms with Crippen LogP contribution < -0.4 is 10.6 Å². The van der Waals surface area contributed by atoms with Gasteiger partial charge in [0.1, 0.15) is 4.99 Å². The van der Waals surface area contributed by atoms with Gasteiger partial charge >= 0.3 is 0 Å². The van der Waals surface area contributed by atoms with Crippen LogP contribution in [0.15, 0.2) is 24.3 Å². The first kappa shape index (κ1) is 11.4. The van der Waals surface area contributed by atoms with E-state index in [0.29, 0.717) is 4.99 Å².